The van der Waals surface area contributed by atoms with Gasteiger partial charge in [-0.05, 0) is 43.0 Å². The van der Waals surface area contributed by atoms with Gasteiger partial charge in [-0.1, -0.05) is 0 Å². The molecule has 0 amide bonds. The Hall–Kier alpha value is -1.88. The van der Waals surface area contributed by atoms with E-state index in [1.165, 1.54) is 11.8 Å². The molecule has 0 spiro atoms. The zero-order valence-electron chi connectivity index (χ0n) is 14.5. The van der Waals surface area contributed by atoms with Gasteiger partial charge in [0.25, 0.3) is 0 Å². The molecule has 0 unspecified atom stereocenters. The van der Waals surface area contributed by atoms with Crippen molar-refractivity contribution in [3.63, 3.8) is 0 Å². The maximum absolute atomic E-state index is 5.34. The van der Waals surface area contributed by atoms with Crippen molar-refractivity contribution in [2.75, 3.05) is 44.7 Å². The molecule has 0 aliphatic carbocycles. The summed E-state index contributed by atoms with van der Waals surface area (Å²) >= 11 is 6.73. The van der Waals surface area contributed by atoms with Gasteiger partial charge in [0, 0.05) is 44.3 Å². The van der Waals surface area contributed by atoms with Crippen LogP contribution in [0.1, 0.15) is 5.69 Å². The maximum atomic E-state index is 5.34. The molecule has 2 N–H and O–H groups in total. The lowest BCUT2D eigenvalue weighted by atomic mass is 10.4. The molecule has 1 fully saturated rings. The average molecular weight is 392 g/mol. The number of nitrogens with one attached hydrogen (secondary N) is 2. The first-order valence-corrected chi connectivity index (χ1v) is 9.57. The number of hydrogen-bond donors (Lipinski definition) is 2. The van der Waals surface area contributed by atoms with Crippen LogP contribution in [-0.4, -0.2) is 69.3 Å². The first-order valence-electron chi connectivity index (χ1n) is 8.34. The third-order valence-corrected chi connectivity index (χ3v) is 4.67. The first-order chi connectivity index (χ1) is 12.7. The lowest BCUT2D eigenvalue weighted by molar-refractivity contribution is 0.0389. The Bertz CT molecular complexity index is 726. The van der Waals surface area contributed by atoms with Gasteiger partial charge >= 0.3 is 0 Å². The standard InChI is InChI=1S/C16H21N7OS2/c1-12-11-13(26-16-18-3-2-4-19-16)21-14(20-12)22-15(25)17-5-6-23-7-9-24-10-8-23/h2-4,11H,5-10H2,1H3,(H2,17,20,21,22,25). The minimum atomic E-state index is 0.465. The Morgan fingerprint density at radius 3 is 2.81 bits per heavy atom. The lowest BCUT2D eigenvalue weighted by Gasteiger charge is -2.26. The second kappa shape index (κ2) is 9.72. The molecular weight excluding hydrogens is 370 g/mol. The summed E-state index contributed by atoms with van der Waals surface area (Å²) in [5.41, 5.74) is 0.844. The Morgan fingerprint density at radius 2 is 2.04 bits per heavy atom. The molecule has 8 nitrogen and oxygen atoms in total. The second-order valence-corrected chi connectivity index (χ2v) is 7.04. The van der Waals surface area contributed by atoms with E-state index in [2.05, 4.69) is 35.5 Å². The predicted octanol–water partition coefficient (Wildman–Crippen LogP) is 1.34. The smallest absolute Gasteiger partial charge is 0.230 e. The van der Waals surface area contributed by atoms with Crippen LogP contribution in [-0.2, 0) is 4.74 Å². The van der Waals surface area contributed by atoms with Crippen molar-refractivity contribution < 1.29 is 4.74 Å². The van der Waals surface area contributed by atoms with Crippen molar-refractivity contribution >= 4 is 35.0 Å². The maximum Gasteiger partial charge on any atom is 0.230 e. The van der Waals surface area contributed by atoms with E-state index in [4.69, 9.17) is 17.0 Å². The summed E-state index contributed by atoms with van der Waals surface area (Å²) < 4.78 is 5.34. The van der Waals surface area contributed by atoms with Gasteiger partial charge in [0.2, 0.25) is 5.95 Å². The topological polar surface area (TPSA) is 88.1 Å². The van der Waals surface area contributed by atoms with Gasteiger partial charge in [0.1, 0.15) is 5.03 Å². The van der Waals surface area contributed by atoms with Crippen LogP contribution in [0.2, 0.25) is 0 Å². The number of morpholine rings is 1. The number of ether oxygens (including phenoxy) is 1. The van der Waals surface area contributed by atoms with Crippen LogP contribution in [0, 0.1) is 6.92 Å². The highest BCUT2D eigenvalue weighted by Gasteiger charge is 2.10. The van der Waals surface area contributed by atoms with Crippen molar-refractivity contribution in [2.45, 2.75) is 17.1 Å². The molecule has 1 aliphatic heterocycles. The van der Waals surface area contributed by atoms with E-state index in [1.807, 2.05) is 13.0 Å². The number of nitrogens with zero attached hydrogens (tertiary/aromatic N) is 5. The lowest BCUT2D eigenvalue weighted by Crippen LogP contribution is -2.42. The molecule has 0 aromatic carbocycles. The normalized spacial score (nSPS) is 14.8. The predicted molar refractivity (Wildman–Crippen MR) is 104 cm³/mol. The zero-order valence-corrected chi connectivity index (χ0v) is 16.1. The molecule has 1 aliphatic rings. The average Bonchev–Trinajstić information content (AvgIpc) is 2.63. The molecule has 0 bridgehead atoms. The third kappa shape index (κ3) is 6.13. The van der Waals surface area contributed by atoms with Crippen LogP contribution in [0.15, 0.2) is 34.7 Å². The third-order valence-electron chi connectivity index (χ3n) is 3.61. The molecule has 0 radical (unpaired) electrons. The van der Waals surface area contributed by atoms with E-state index < -0.39 is 0 Å². The number of anilines is 1. The minimum Gasteiger partial charge on any atom is -0.379 e. The zero-order chi connectivity index (χ0) is 18.2. The van der Waals surface area contributed by atoms with E-state index in [-0.39, 0.29) is 0 Å². The Morgan fingerprint density at radius 1 is 1.27 bits per heavy atom. The molecule has 0 atom stereocenters. The van der Waals surface area contributed by atoms with Gasteiger partial charge < -0.3 is 15.4 Å². The SMILES string of the molecule is Cc1cc(Sc2ncccn2)nc(NC(=S)NCCN2CCOCC2)n1. The molecule has 2 aromatic heterocycles. The summed E-state index contributed by atoms with van der Waals surface area (Å²) in [7, 11) is 0. The summed E-state index contributed by atoms with van der Waals surface area (Å²) in [6, 6.07) is 3.67. The molecule has 26 heavy (non-hydrogen) atoms. The van der Waals surface area contributed by atoms with Gasteiger partial charge in [-0.2, -0.15) is 0 Å². The molecule has 0 saturated carbocycles. The van der Waals surface area contributed by atoms with Crippen molar-refractivity contribution in [1.82, 2.24) is 30.2 Å². The van der Waals surface area contributed by atoms with Gasteiger partial charge in [-0.25, -0.2) is 19.9 Å². The number of hydrogen-bond acceptors (Lipinski definition) is 8. The monoisotopic (exact) mass is 391 g/mol. The van der Waals surface area contributed by atoms with Gasteiger partial charge in [0.15, 0.2) is 10.3 Å². The highest BCUT2D eigenvalue weighted by molar-refractivity contribution is 7.99. The summed E-state index contributed by atoms with van der Waals surface area (Å²) in [4.78, 5) is 19.6. The van der Waals surface area contributed by atoms with Crippen LogP contribution >= 0.6 is 24.0 Å². The van der Waals surface area contributed by atoms with Crippen LogP contribution in [0.5, 0.6) is 0 Å². The van der Waals surface area contributed by atoms with E-state index in [0.29, 0.717) is 16.2 Å². The van der Waals surface area contributed by atoms with Crippen LogP contribution in [0.4, 0.5) is 5.95 Å². The molecule has 1 saturated heterocycles. The molecule has 10 heteroatoms. The van der Waals surface area contributed by atoms with Crippen LogP contribution in [0.3, 0.4) is 0 Å². The van der Waals surface area contributed by atoms with Gasteiger partial charge in [-0.15, -0.1) is 0 Å². The van der Waals surface area contributed by atoms with Gasteiger partial charge in [0.05, 0.1) is 13.2 Å². The molecule has 2 aromatic rings. The van der Waals surface area contributed by atoms with Crippen molar-refractivity contribution in [2.24, 2.45) is 0 Å². The largest absolute Gasteiger partial charge is 0.379 e. The van der Waals surface area contributed by atoms with E-state index in [9.17, 15) is 0 Å². The Labute approximate surface area is 162 Å². The minimum absolute atomic E-state index is 0.465. The van der Waals surface area contributed by atoms with E-state index in [0.717, 1.165) is 50.1 Å². The van der Waals surface area contributed by atoms with Crippen molar-refractivity contribution in [3.8, 4) is 0 Å². The fourth-order valence-electron chi connectivity index (χ4n) is 2.38. The highest BCUT2D eigenvalue weighted by atomic mass is 32.2. The number of thiocarbonyl (C=S) groups is 1. The molecule has 3 rings (SSSR count). The van der Waals surface area contributed by atoms with Gasteiger partial charge in [-0.3, -0.25) is 4.90 Å². The fourth-order valence-corrected chi connectivity index (χ4v) is 3.35. The first kappa shape index (κ1) is 18.9. The molecule has 138 valence electrons. The fraction of sp³-hybridized carbons (Fsp3) is 0.438. The number of aryl methyl sites for hydroxylation is 1. The Kier molecular flexibility index (Phi) is 7.06. The summed E-state index contributed by atoms with van der Waals surface area (Å²) in [6.07, 6.45) is 3.41. The van der Waals surface area contributed by atoms with E-state index >= 15 is 0 Å². The Balaban J connectivity index is 1.51. The number of aromatic nitrogens is 4. The molecule has 3 heterocycles. The van der Waals surface area contributed by atoms with Crippen molar-refractivity contribution in [1.29, 1.82) is 0 Å². The number of rotatable bonds is 6. The van der Waals surface area contributed by atoms with Crippen LogP contribution in [0.25, 0.3) is 0 Å². The quantitative estimate of drug-likeness (QED) is 0.427. The van der Waals surface area contributed by atoms with Crippen molar-refractivity contribution in [3.05, 3.63) is 30.2 Å². The summed E-state index contributed by atoms with van der Waals surface area (Å²) in [6.45, 7) is 7.12. The van der Waals surface area contributed by atoms with E-state index in [1.54, 1.807) is 18.5 Å². The summed E-state index contributed by atoms with van der Waals surface area (Å²) in [5.74, 6) is 0.465. The molecular formula is C16H21N7OS2. The van der Waals surface area contributed by atoms with Crippen LogP contribution < -0.4 is 10.6 Å². The second-order valence-electron chi connectivity index (χ2n) is 5.64. The highest BCUT2D eigenvalue weighted by Crippen LogP contribution is 2.23. The summed E-state index contributed by atoms with van der Waals surface area (Å²) in [5, 5.41) is 8.16.